The van der Waals surface area contributed by atoms with E-state index in [2.05, 4.69) is 26.8 Å². The Bertz CT molecular complexity index is 307. The Morgan fingerprint density at radius 2 is 2.47 bits per heavy atom. The number of hydrogen-bond acceptors (Lipinski definition) is 3. The molecule has 4 heteroatoms. The quantitative estimate of drug-likeness (QED) is 0.770. The Kier molecular flexibility index (Phi) is 3.38. The van der Waals surface area contributed by atoms with Gasteiger partial charge in [-0.3, -0.25) is 0 Å². The zero-order chi connectivity index (χ0) is 10.7. The molecule has 1 aromatic heterocycles. The Balaban J connectivity index is 1.77. The second kappa shape index (κ2) is 4.77. The predicted molar refractivity (Wildman–Crippen MR) is 60.8 cm³/mol. The fraction of sp³-hybridized carbons (Fsp3) is 0.727. The summed E-state index contributed by atoms with van der Waals surface area (Å²) < 4.78 is 2.10. The third-order valence-electron chi connectivity index (χ3n) is 3.25. The molecule has 0 saturated carbocycles. The fourth-order valence-electron chi connectivity index (χ4n) is 2.17. The lowest BCUT2D eigenvalue weighted by Gasteiger charge is -2.15. The van der Waals surface area contributed by atoms with Crippen LogP contribution in [-0.2, 0) is 13.5 Å². The third-order valence-corrected chi connectivity index (χ3v) is 3.25. The van der Waals surface area contributed by atoms with Gasteiger partial charge in [-0.05, 0) is 20.0 Å². The minimum Gasteiger partial charge on any atom is -0.338 e. The van der Waals surface area contributed by atoms with Crippen molar-refractivity contribution in [2.24, 2.45) is 7.05 Å². The van der Waals surface area contributed by atoms with Crippen LogP contribution >= 0.6 is 0 Å². The summed E-state index contributed by atoms with van der Waals surface area (Å²) in [5.74, 6) is 1.18. The average Bonchev–Trinajstić information content (AvgIpc) is 2.84. The predicted octanol–water partition coefficient (Wildman–Crippen LogP) is 0.256. The van der Waals surface area contributed by atoms with Gasteiger partial charge in [-0.25, -0.2) is 4.98 Å². The monoisotopic (exact) mass is 208 g/mol. The first kappa shape index (κ1) is 10.6. The molecule has 0 aliphatic carbocycles. The first-order valence-corrected chi connectivity index (χ1v) is 5.65. The fourth-order valence-corrected chi connectivity index (χ4v) is 2.17. The number of nitrogens with zero attached hydrogens (tertiary/aromatic N) is 3. The molecule has 1 aromatic rings. The molecule has 0 bridgehead atoms. The van der Waals surface area contributed by atoms with Crippen LogP contribution < -0.4 is 5.32 Å². The molecule has 0 radical (unpaired) electrons. The maximum Gasteiger partial charge on any atom is 0.109 e. The number of aryl methyl sites for hydroxylation is 1. The summed E-state index contributed by atoms with van der Waals surface area (Å²) in [4.78, 5) is 6.85. The van der Waals surface area contributed by atoms with Crippen LogP contribution in [0.25, 0.3) is 0 Å². The minimum atomic E-state index is 0.686. The van der Waals surface area contributed by atoms with Gasteiger partial charge >= 0.3 is 0 Å². The summed E-state index contributed by atoms with van der Waals surface area (Å²) >= 11 is 0. The molecule has 2 rings (SSSR count). The number of aromatic nitrogens is 2. The van der Waals surface area contributed by atoms with Crippen molar-refractivity contribution in [1.29, 1.82) is 0 Å². The van der Waals surface area contributed by atoms with Crippen molar-refractivity contribution in [3.63, 3.8) is 0 Å². The average molecular weight is 208 g/mol. The zero-order valence-corrected chi connectivity index (χ0v) is 9.61. The number of nitrogens with one attached hydrogen (secondary N) is 1. The first-order chi connectivity index (χ1) is 7.29. The van der Waals surface area contributed by atoms with E-state index in [0.717, 1.165) is 13.0 Å². The molecule has 1 saturated heterocycles. The first-order valence-electron chi connectivity index (χ1n) is 5.65. The van der Waals surface area contributed by atoms with Gasteiger partial charge in [0.05, 0.1) is 0 Å². The molecule has 1 unspecified atom stereocenters. The number of likely N-dealkylation sites (tertiary alicyclic amines) is 1. The zero-order valence-electron chi connectivity index (χ0n) is 9.61. The molecular weight excluding hydrogens is 188 g/mol. The second-order valence-electron chi connectivity index (χ2n) is 4.28. The molecule has 4 nitrogen and oxygen atoms in total. The van der Waals surface area contributed by atoms with E-state index >= 15 is 0 Å². The van der Waals surface area contributed by atoms with Crippen molar-refractivity contribution in [2.45, 2.75) is 18.9 Å². The minimum absolute atomic E-state index is 0.686. The molecule has 1 aliphatic rings. The maximum absolute atomic E-state index is 4.34. The largest absolute Gasteiger partial charge is 0.338 e. The van der Waals surface area contributed by atoms with Crippen LogP contribution in [0.1, 0.15) is 12.2 Å². The second-order valence-corrected chi connectivity index (χ2v) is 4.28. The van der Waals surface area contributed by atoms with Crippen LogP contribution in [0.15, 0.2) is 12.4 Å². The highest BCUT2D eigenvalue weighted by atomic mass is 15.2. The van der Waals surface area contributed by atoms with Gasteiger partial charge in [0, 0.05) is 45.0 Å². The SMILES string of the molecule is CNC1CCN(CCc2nccn2C)C1. The molecule has 84 valence electrons. The van der Waals surface area contributed by atoms with Gasteiger partial charge in [-0.15, -0.1) is 0 Å². The summed E-state index contributed by atoms with van der Waals surface area (Å²) in [7, 11) is 4.11. The Labute approximate surface area is 91.3 Å². The Morgan fingerprint density at radius 1 is 1.60 bits per heavy atom. The molecule has 0 spiro atoms. The van der Waals surface area contributed by atoms with Crippen molar-refractivity contribution in [2.75, 3.05) is 26.7 Å². The van der Waals surface area contributed by atoms with E-state index in [-0.39, 0.29) is 0 Å². The van der Waals surface area contributed by atoms with Gasteiger partial charge < -0.3 is 14.8 Å². The number of imidazole rings is 1. The molecule has 1 aliphatic heterocycles. The van der Waals surface area contributed by atoms with Crippen molar-refractivity contribution >= 4 is 0 Å². The van der Waals surface area contributed by atoms with Crippen LogP contribution in [0.4, 0.5) is 0 Å². The summed E-state index contributed by atoms with van der Waals surface area (Å²) in [6, 6.07) is 0.686. The van der Waals surface area contributed by atoms with E-state index in [9.17, 15) is 0 Å². The lowest BCUT2D eigenvalue weighted by atomic mass is 10.3. The Hall–Kier alpha value is -0.870. The van der Waals surface area contributed by atoms with Crippen LogP contribution in [0.3, 0.4) is 0 Å². The van der Waals surface area contributed by atoms with E-state index in [1.54, 1.807) is 0 Å². The van der Waals surface area contributed by atoms with Gasteiger partial charge in [0.15, 0.2) is 0 Å². The topological polar surface area (TPSA) is 33.1 Å². The lowest BCUT2D eigenvalue weighted by Crippen LogP contribution is -2.30. The highest BCUT2D eigenvalue weighted by Gasteiger charge is 2.20. The van der Waals surface area contributed by atoms with Gasteiger partial charge in [0.25, 0.3) is 0 Å². The number of hydrogen-bond donors (Lipinski definition) is 1. The van der Waals surface area contributed by atoms with Crippen molar-refractivity contribution < 1.29 is 0 Å². The van der Waals surface area contributed by atoms with E-state index in [4.69, 9.17) is 0 Å². The van der Waals surface area contributed by atoms with Crippen molar-refractivity contribution in [3.05, 3.63) is 18.2 Å². The van der Waals surface area contributed by atoms with Crippen LogP contribution in [0.2, 0.25) is 0 Å². The number of rotatable bonds is 4. The molecule has 0 amide bonds. The van der Waals surface area contributed by atoms with Crippen molar-refractivity contribution in [1.82, 2.24) is 19.8 Å². The Morgan fingerprint density at radius 3 is 3.07 bits per heavy atom. The van der Waals surface area contributed by atoms with Gasteiger partial charge in [0.2, 0.25) is 0 Å². The molecule has 1 fully saturated rings. The summed E-state index contributed by atoms with van der Waals surface area (Å²) in [6.45, 7) is 3.53. The van der Waals surface area contributed by atoms with Crippen LogP contribution in [0.5, 0.6) is 0 Å². The smallest absolute Gasteiger partial charge is 0.109 e. The standard InChI is InChI=1S/C11H20N4/c1-12-10-3-6-15(9-10)7-4-11-13-5-8-14(11)2/h5,8,10,12H,3-4,6-7,9H2,1-2H3. The van der Waals surface area contributed by atoms with E-state index in [1.807, 2.05) is 19.4 Å². The number of likely N-dealkylation sites (N-methyl/N-ethyl adjacent to an activating group) is 1. The van der Waals surface area contributed by atoms with Gasteiger partial charge in [0.1, 0.15) is 5.82 Å². The van der Waals surface area contributed by atoms with E-state index in [1.165, 1.54) is 25.3 Å². The van der Waals surface area contributed by atoms with E-state index in [0.29, 0.717) is 6.04 Å². The van der Waals surface area contributed by atoms with Gasteiger partial charge in [-0.1, -0.05) is 0 Å². The highest BCUT2D eigenvalue weighted by molar-refractivity contribution is 4.92. The maximum atomic E-state index is 4.34. The molecule has 1 atom stereocenters. The van der Waals surface area contributed by atoms with Crippen molar-refractivity contribution in [3.8, 4) is 0 Å². The third kappa shape index (κ3) is 2.58. The molecule has 1 N–H and O–H groups in total. The molecule has 2 heterocycles. The van der Waals surface area contributed by atoms with Gasteiger partial charge in [-0.2, -0.15) is 0 Å². The van der Waals surface area contributed by atoms with E-state index < -0.39 is 0 Å². The summed E-state index contributed by atoms with van der Waals surface area (Å²) in [6.07, 6.45) is 6.21. The molecule has 15 heavy (non-hydrogen) atoms. The summed E-state index contributed by atoms with van der Waals surface area (Å²) in [5, 5.41) is 3.34. The normalized spacial score (nSPS) is 22.4. The summed E-state index contributed by atoms with van der Waals surface area (Å²) in [5.41, 5.74) is 0. The van der Waals surface area contributed by atoms with Crippen LogP contribution in [-0.4, -0.2) is 47.2 Å². The highest BCUT2D eigenvalue weighted by Crippen LogP contribution is 2.09. The molecular formula is C11H20N4. The lowest BCUT2D eigenvalue weighted by molar-refractivity contribution is 0.330. The van der Waals surface area contributed by atoms with Crippen LogP contribution in [0, 0.1) is 0 Å². The molecule has 0 aromatic carbocycles.